The second-order valence-electron chi connectivity index (χ2n) is 6.00. The van der Waals surface area contributed by atoms with Crippen molar-refractivity contribution in [3.05, 3.63) is 34.9 Å². The number of rotatable bonds is 4. The molecule has 1 saturated heterocycles. The molecular weight excluding hydrogens is 278 g/mol. The first-order chi connectivity index (χ1) is 10.7. The topological polar surface area (TPSA) is 47.4 Å². The van der Waals surface area contributed by atoms with Crippen LogP contribution >= 0.6 is 0 Å². The lowest BCUT2D eigenvalue weighted by atomic mass is 10.1. The minimum atomic E-state index is -0.0219. The van der Waals surface area contributed by atoms with Crippen molar-refractivity contribution in [1.82, 2.24) is 14.5 Å². The maximum Gasteiger partial charge on any atom is 0.265 e. The SMILES string of the molecule is COc1cccc2ncn(C[C@@H](C)N3CCCCC3)c(=O)c12. The van der Waals surface area contributed by atoms with Crippen molar-refractivity contribution in [1.29, 1.82) is 0 Å². The molecule has 1 aliphatic heterocycles. The molecule has 1 aliphatic rings. The van der Waals surface area contributed by atoms with Crippen LogP contribution in [0, 0.1) is 0 Å². The molecule has 2 heterocycles. The van der Waals surface area contributed by atoms with Crippen molar-refractivity contribution in [3.63, 3.8) is 0 Å². The fourth-order valence-electron chi connectivity index (χ4n) is 3.23. The first-order valence-corrected chi connectivity index (χ1v) is 7.97. The normalized spacial score (nSPS) is 17.5. The molecular formula is C17H23N3O2. The average molecular weight is 301 g/mol. The minimum absolute atomic E-state index is 0.0219. The van der Waals surface area contributed by atoms with Crippen LogP contribution in [0.2, 0.25) is 0 Å². The summed E-state index contributed by atoms with van der Waals surface area (Å²) < 4.78 is 7.03. The molecule has 0 unspecified atom stereocenters. The Morgan fingerprint density at radius 3 is 2.77 bits per heavy atom. The molecule has 2 aromatic rings. The van der Waals surface area contributed by atoms with E-state index in [1.165, 1.54) is 19.3 Å². The summed E-state index contributed by atoms with van der Waals surface area (Å²) in [6, 6.07) is 5.85. The van der Waals surface area contributed by atoms with Gasteiger partial charge in [0.15, 0.2) is 0 Å². The zero-order valence-corrected chi connectivity index (χ0v) is 13.3. The summed E-state index contributed by atoms with van der Waals surface area (Å²) in [5.41, 5.74) is 0.664. The molecule has 1 fully saturated rings. The van der Waals surface area contributed by atoms with Gasteiger partial charge >= 0.3 is 0 Å². The van der Waals surface area contributed by atoms with Crippen molar-refractivity contribution in [2.24, 2.45) is 0 Å². The Morgan fingerprint density at radius 1 is 1.27 bits per heavy atom. The third kappa shape index (κ3) is 2.86. The molecule has 0 amide bonds. The minimum Gasteiger partial charge on any atom is -0.496 e. The van der Waals surface area contributed by atoms with Crippen LogP contribution in [0.1, 0.15) is 26.2 Å². The van der Waals surface area contributed by atoms with Crippen molar-refractivity contribution in [2.45, 2.75) is 38.8 Å². The monoisotopic (exact) mass is 301 g/mol. The summed E-state index contributed by atoms with van der Waals surface area (Å²) in [6.07, 6.45) is 5.48. The summed E-state index contributed by atoms with van der Waals surface area (Å²) >= 11 is 0. The number of benzene rings is 1. The number of fused-ring (bicyclic) bond motifs is 1. The van der Waals surface area contributed by atoms with Gasteiger partial charge in [-0.3, -0.25) is 14.3 Å². The van der Waals surface area contributed by atoms with E-state index in [4.69, 9.17) is 4.74 Å². The Hall–Kier alpha value is -1.88. The Bertz CT molecular complexity index is 705. The highest BCUT2D eigenvalue weighted by atomic mass is 16.5. The molecule has 0 saturated carbocycles. The summed E-state index contributed by atoms with van der Waals surface area (Å²) in [4.78, 5) is 19.6. The summed E-state index contributed by atoms with van der Waals surface area (Å²) in [5, 5.41) is 0.568. The van der Waals surface area contributed by atoms with Gasteiger partial charge in [0.2, 0.25) is 0 Å². The van der Waals surface area contributed by atoms with E-state index >= 15 is 0 Å². The van der Waals surface area contributed by atoms with Gasteiger partial charge in [0.05, 0.1) is 19.0 Å². The predicted octanol–water partition coefficient (Wildman–Crippen LogP) is 2.28. The fraction of sp³-hybridized carbons (Fsp3) is 0.529. The summed E-state index contributed by atoms with van der Waals surface area (Å²) in [5.74, 6) is 0.593. The summed E-state index contributed by atoms with van der Waals surface area (Å²) in [7, 11) is 1.59. The second-order valence-corrected chi connectivity index (χ2v) is 6.00. The van der Waals surface area contributed by atoms with Crippen LogP contribution in [0.4, 0.5) is 0 Å². The second kappa shape index (κ2) is 6.48. The van der Waals surface area contributed by atoms with Crippen LogP contribution in [-0.4, -0.2) is 40.7 Å². The molecule has 0 bridgehead atoms. The van der Waals surface area contributed by atoms with Crippen molar-refractivity contribution in [2.75, 3.05) is 20.2 Å². The predicted molar refractivity (Wildman–Crippen MR) is 87.4 cm³/mol. The van der Waals surface area contributed by atoms with Gasteiger partial charge in [-0.1, -0.05) is 12.5 Å². The number of nitrogens with zero attached hydrogens (tertiary/aromatic N) is 3. The maximum absolute atomic E-state index is 12.8. The molecule has 0 N–H and O–H groups in total. The molecule has 3 rings (SSSR count). The van der Waals surface area contributed by atoms with E-state index in [-0.39, 0.29) is 5.56 Å². The third-order valence-electron chi connectivity index (χ3n) is 4.51. The van der Waals surface area contributed by atoms with E-state index in [0.29, 0.717) is 29.2 Å². The Balaban J connectivity index is 1.91. The Labute approximate surface area is 130 Å². The molecule has 0 radical (unpaired) electrons. The van der Waals surface area contributed by atoms with Crippen LogP contribution in [-0.2, 0) is 6.54 Å². The van der Waals surface area contributed by atoms with Gasteiger partial charge < -0.3 is 4.74 Å². The molecule has 0 aliphatic carbocycles. The zero-order valence-electron chi connectivity index (χ0n) is 13.3. The molecule has 1 aromatic carbocycles. The van der Waals surface area contributed by atoms with E-state index in [2.05, 4.69) is 16.8 Å². The van der Waals surface area contributed by atoms with Crippen LogP contribution < -0.4 is 10.3 Å². The highest BCUT2D eigenvalue weighted by molar-refractivity contribution is 5.83. The highest BCUT2D eigenvalue weighted by Crippen LogP contribution is 2.20. The van der Waals surface area contributed by atoms with Crippen molar-refractivity contribution >= 4 is 10.9 Å². The zero-order chi connectivity index (χ0) is 15.5. The van der Waals surface area contributed by atoms with Crippen molar-refractivity contribution in [3.8, 4) is 5.75 Å². The third-order valence-corrected chi connectivity index (χ3v) is 4.51. The first kappa shape index (κ1) is 15.0. The molecule has 0 spiro atoms. The standard InChI is InChI=1S/C17H23N3O2/c1-13(19-9-4-3-5-10-19)11-20-12-18-14-7-6-8-15(22-2)16(14)17(20)21/h6-8,12-13H,3-5,9-11H2,1-2H3/t13-/m1/s1. The largest absolute Gasteiger partial charge is 0.496 e. The van der Waals surface area contributed by atoms with Crippen LogP contribution in [0.25, 0.3) is 10.9 Å². The van der Waals surface area contributed by atoms with Crippen LogP contribution in [0.5, 0.6) is 5.75 Å². The van der Waals surface area contributed by atoms with Gasteiger partial charge in [0.25, 0.3) is 5.56 Å². The van der Waals surface area contributed by atoms with E-state index in [1.807, 2.05) is 18.2 Å². The highest BCUT2D eigenvalue weighted by Gasteiger charge is 2.18. The Morgan fingerprint density at radius 2 is 2.05 bits per heavy atom. The van der Waals surface area contributed by atoms with E-state index in [1.54, 1.807) is 18.0 Å². The van der Waals surface area contributed by atoms with E-state index in [9.17, 15) is 4.79 Å². The lowest BCUT2D eigenvalue weighted by molar-refractivity contribution is 0.158. The van der Waals surface area contributed by atoms with Gasteiger partial charge in [0, 0.05) is 12.6 Å². The number of hydrogen-bond acceptors (Lipinski definition) is 4. The van der Waals surface area contributed by atoms with Gasteiger partial charge in [-0.25, -0.2) is 4.98 Å². The molecule has 5 heteroatoms. The lowest BCUT2D eigenvalue weighted by Crippen LogP contribution is -2.41. The average Bonchev–Trinajstić information content (AvgIpc) is 2.57. The number of hydrogen-bond donors (Lipinski definition) is 0. The maximum atomic E-state index is 12.8. The van der Waals surface area contributed by atoms with Gasteiger partial charge in [-0.15, -0.1) is 0 Å². The van der Waals surface area contributed by atoms with E-state index < -0.39 is 0 Å². The van der Waals surface area contributed by atoms with Gasteiger partial charge in [-0.05, 0) is 45.0 Å². The molecule has 5 nitrogen and oxygen atoms in total. The number of methoxy groups -OCH3 is 1. The number of likely N-dealkylation sites (tertiary alicyclic amines) is 1. The number of ether oxygens (including phenoxy) is 1. The quantitative estimate of drug-likeness (QED) is 0.869. The number of piperidine rings is 1. The van der Waals surface area contributed by atoms with Gasteiger partial charge in [0.1, 0.15) is 11.1 Å². The fourth-order valence-corrected chi connectivity index (χ4v) is 3.23. The molecule has 118 valence electrons. The smallest absolute Gasteiger partial charge is 0.265 e. The Kier molecular flexibility index (Phi) is 4.43. The summed E-state index contributed by atoms with van der Waals surface area (Å²) in [6.45, 7) is 5.10. The molecule has 1 aromatic heterocycles. The number of aromatic nitrogens is 2. The molecule has 1 atom stereocenters. The van der Waals surface area contributed by atoms with Crippen molar-refractivity contribution < 1.29 is 4.74 Å². The molecule has 22 heavy (non-hydrogen) atoms. The van der Waals surface area contributed by atoms with Crippen LogP contribution in [0.15, 0.2) is 29.3 Å². The van der Waals surface area contributed by atoms with Gasteiger partial charge in [-0.2, -0.15) is 0 Å². The lowest BCUT2D eigenvalue weighted by Gasteiger charge is -2.32. The van der Waals surface area contributed by atoms with E-state index in [0.717, 1.165) is 13.1 Å². The van der Waals surface area contributed by atoms with Crippen LogP contribution in [0.3, 0.4) is 0 Å². The first-order valence-electron chi connectivity index (χ1n) is 7.97.